The molecule has 0 bridgehead atoms. The normalized spacial score (nSPS) is 11.0. The highest BCUT2D eigenvalue weighted by Gasteiger charge is 2.27. The van der Waals surface area contributed by atoms with Gasteiger partial charge in [0.05, 0.1) is 23.8 Å². The smallest absolute Gasteiger partial charge is 0.343 e. The third-order valence-electron chi connectivity index (χ3n) is 11.8. The summed E-state index contributed by atoms with van der Waals surface area (Å²) in [7, 11) is 3.11. The van der Waals surface area contributed by atoms with Gasteiger partial charge >= 0.3 is 23.9 Å². The molecule has 0 N–H and O–H groups in total. The highest BCUT2D eigenvalue weighted by molar-refractivity contribution is 5.98. The lowest BCUT2D eigenvalue weighted by Gasteiger charge is -2.27. The van der Waals surface area contributed by atoms with Crippen molar-refractivity contribution in [2.24, 2.45) is 0 Å². The van der Waals surface area contributed by atoms with E-state index in [-0.39, 0.29) is 23.6 Å². The lowest BCUT2D eigenvalue weighted by Crippen LogP contribution is -2.20. The number of carbonyl (C=O) groups is 5. The Morgan fingerprint density at radius 3 is 1.16 bits per heavy atom. The van der Waals surface area contributed by atoms with Crippen LogP contribution >= 0.6 is 0 Å². The summed E-state index contributed by atoms with van der Waals surface area (Å²) in [5.41, 5.74) is 8.24. The molecule has 0 radical (unpaired) electrons. The zero-order valence-corrected chi connectivity index (χ0v) is 40.5. The van der Waals surface area contributed by atoms with Crippen LogP contribution in [0.1, 0.15) is 121 Å². The highest BCUT2D eigenvalue weighted by Crippen LogP contribution is 2.38. The fourth-order valence-corrected chi connectivity index (χ4v) is 7.32. The molecule has 0 spiro atoms. The number of ketones is 1. The van der Waals surface area contributed by atoms with Gasteiger partial charge in [-0.15, -0.1) is 0 Å². The Hall–Kier alpha value is -7.63. The Bertz CT molecular complexity index is 2850. The van der Waals surface area contributed by atoms with Gasteiger partial charge in [0, 0.05) is 29.6 Å². The van der Waals surface area contributed by atoms with Crippen LogP contribution in [0.15, 0.2) is 134 Å². The van der Waals surface area contributed by atoms with Crippen LogP contribution < -0.4 is 18.9 Å². The maximum atomic E-state index is 13.2. The molecule has 0 aromatic heterocycles. The minimum Gasteiger partial charge on any atom is -0.496 e. The predicted molar refractivity (Wildman–Crippen MR) is 261 cm³/mol. The van der Waals surface area contributed by atoms with Gasteiger partial charge in [-0.05, 0) is 140 Å². The van der Waals surface area contributed by atoms with Crippen molar-refractivity contribution in [2.45, 2.75) is 73.1 Å². The molecule has 0 saturated heterocycles. The van der Waals surface area contributed by atoms with Crippen molar-refractivity contribution in [1.82, 2.24) is 0 Å². The molecule has 0 aliphatic carbocycles. The van der Waals surface area contributed by atoms with E-state index >= 15 is 0 Å². The molecule has 11 heteroatoms. The average Bonchev–Trinajstić information content (AvgIpc) is 3.32. The lowest BCUT2D eigenvalue weighted by atomic mass is 9.77. The molecule has 6 aromatic carbocycles. The first-order valence-corrected chi connectivity index (χ1v) is 21.8. The van der Waals surface area contributed by atoms with E-state index in [4.69, 9.17) is 18.9 Å². The molecule has 68 heavy (non-hydrogen) atoms. The number of Topliss-reactive ketones (excluding diaryl/α,β-unsaturated/α-hetero) is 1. The van der Waals surface area contributed by atoms with Crippen molar-refractivity contribution in [3.8, 4) is 23.0 Å². The number of rotatable bonds is 15. The van der Waals surface area contributed by atoms with Crippen LogP contribution in [0.3, 0.4) is 0 Å². The second-order valence-corrected chi connectivity index (χ2v) is 17.3. The maximum absolute atomic E-state index is 13.2. The van der Waals surface area contributed by atoms with Gasteiger partial charge in [0.1, 0.15) is 23.0 Å². The second kappa shape index (κ2) is 22.2. The summed E-state index contributed by atoms with van der Waals surface area (Å²) in [5.74, 6) is -0.0825. The molecule has 352 valence electrons. The fraction of sp³-hybridized carbons (Fsp3) is 0.246. The van der Waals surface area contributed by atoms with Crippen LogP contribution in [-0.2, 0) is 25.1 Å². The van der Waals surface area contributed by atoms with Gasteiger partial charge in [0.2, 0.25) is 0 Å². The van der Waals surface area contributed by atoms with E-state index in [0.29, 0.717) is 33.9 Å². The van der Waals surface area contributed by atoms with E-state index in [1.807, 2.05) is 76.2 Å². The molecule has 0 amide bonds. The number of ether oxygens (including phenoxy) is 6. The van der Waals surface area contributed by atoms with Crippen molar-refractivity contribution in [2.75, 3.05) is 21.0 Å². The topological polar surface area (TPSA) is 141 Å². The molecule has 6 rings (SSSR count). The molecule has 6 aromatic rings. The molecular formula is C57H58O11. The van der Waals surface area contributed by atoms with Crippen molar-refractivity contribution >= 4 is 29.7 Å². The summed E-state index contributed by atoms with van der Waals surface area (Å²) >= 11 is 0. The minimum absolute atomic E-state index is 0.00907. The van der Waals surface area contributed by atoms with E-state index in [0.717, 1.165) is 56.3 Å². The Morgan fingerprint density at radius 1 is 0.485 bits per heavy atom. The first-order chi connectivity index (χ1) is 32.2. The number of methoxy groups -OCH3 is 2. The predicted octanol–water partition coefficient (Wildman–Crippen LogP) is 11.8. The highest BCUT2D eigenvalue weighted by atomic mass is 16.7. The number of carbonyl (C=O) groups excluding carboxylic acids is 5. The summed E-state index contributed by atoms with van der Waals surface area (Å²) in [5, 5.41) is 0. The van der Waals surface area contributed by atoms with Crippen molar-refractivity contribution < 1.29 is 52.4 Å². The van der Waals surface area contributed by atoms with Crippen molar-refractivity contribution in [1.29, 1.82) is 0 Å². The third-order valence-corrected chi connectivity index (χ3v) is 11.8. The van der Waals surface area contributed by atoms with E-state index in [1.54, 1.807) is 61.7 Å². The summed E-state index contributed by atoms with van der Waals surface area (Å²) in [4.78, 5) is 61.2. The zero-order chi connectivity index (χ0) is 49.9. The monoisotopic (exact) mass is 918 g/mol. The SMILES string of the molecule is C=CC(=O)OCOC.COc1ccc(C(C)(C)c2ccc(OC(=O)c3ccc(C(=O)Oc4ccc(C(C)(C)c5ccc(OC(=O)c6cccc(C(C)=O)c6)c(C)c5)cc4C)cc3)c(C)c2)cc1C. The van der Waals surface area contributed by atoms with Gasteiger partial charge in [-0.1, -0.05) is 94.9 Å². The first-order valence-electron chi connectivity index (χ1n) is 21.8. The van der Waals surface area contributed by atoms with Crippen LogP contribution in [0.4, 0.5) is 0 Å². The molecular weight excluding hydrogens is 861 g/mol. The van der Waals surface area contributed by atoms with Gasteiger partial charge in [0.25, 0.3) is 0 Å². The zero-order valence-electron chi connectivity index (χ0n) is 40.5. The van der Waals surface area contributed by atoms with Crippen LogP contribution in [-0.4, -0.2) is 50.7 Å². The Morgan fingerprint density at radius 2 is 0.838 bits per heavy atom. The molecule has 0 unspecified atom stereocenters. The van der Waals surface area contributed by atoms with Crippen LogP contribution in [0.2, 0.25) is 0 Å². The molecule has 0 aliphatic rings. The molecule has 0 heterocycles. The quantitative estimate of drug-likeness (QED) is 0.0319. The summed E-state index contributed by atoms with van der Waals surface area (Å²) in [6, 6.07) is 36.1. The van der Waals surface area contributed by atoms with E-state index in [9.17, 15) is 24.0 Å². The molecule has 11 nitrogen and oxygen atoms in total. The van der Waals surface area contributed by atoms with E-state index < -0.39 is 29.3 Å². The Balaban J connectivity index is 0.000000989. The van der Waals surface area contributed by atoms with Crippen LogP contribution in [0.5, 0.6) is 23.0 Å². The number of aryl methyl sites for hydroxylation is 4. The summed E-state index contributed by atoms with van der Waals surface area (Å²) in [6.07, 6.45) is 1.08. The standard InChI is InChI=1S/C52H50O8.C5H8O3/c1-31-26-40(18-22-44(31)57-10)51(6,7)41-19-23-45(32(2)27-41)58-48(54)36-14-16-37(17-15-36)49(55)59-46-24-20-42(28-33(46)3)52(8,9)43-21-25-47(34(4)29-43)60-50(56)39-13-11-12-38(30-39)35(5)53;1-3-5(6)8-4-7-2/h11-30H,1-10H3;3H,1,4H2,2H3. The van der Waals surface area contributed by atoms with Gasteiger partial charge in [-0.25, -0.2) is 19.2 Å². The van der Waals surface area contributed by atoms with Gasteiger partial charge in [-0.2, -0.15) is 0 Å². The third kappa shape index (κ3) is 12.4. The Kier molecular flexibility index (Phi) is 16.8. The fourth-order valence-electron chi connectivity index (χ4n) is 7.32. The van der Waals surface area contributed by atoms with E-state index in [1.165, 1.54) is 20.1 Å². The molecule has 0 fully saturated rings. The number of hydrogen-bond acceptors (Lipinski definition) is 11. The van der Waals surface area contributed by atoms with Crippen molar-refractivity contribution in [3.05, 3.63) is 201 Å². The van der Waals surface area contributed by atoms with Crippen LogP contribution in [0.25, 0.3) is 0 Å². The van der Waals surface area contributed by atoms with Crippen molar-refractivity contribution in [3.63, 3.8) is 0 Å². The molecule has 0 aliphatic heterocycles. The first kappa shape index (κ1) is 51.4. The van der Waals surface area contributed by atoms with Gasteiger partial charge < -0.3 is 28.4 Å². The minimum atomic E-state index is -0.556. The van der Waals surface area contributed by atoms with Crippen LogP contribution in [0, 0.1) is 27.7 Å². The number of hydrogen-bond donors (Lipinski definition) is 0. The molecule has 0 atom stereocenters. The summed E-state index contributed by atoms with van der Waals surface area (Å²) in [6.45, 7) is 20.8. The van der Waals surface area contributed by atoms with Gasteiger partial charge in [0.15, 0.2) is 12.6 Å². The largest absolute Gasteiger partial charge is 0.496 e. The summed E-state index contributed by atoms with van der Waals surface area (Å²) < 4.78 is 31.5. The second-order valence-electron chi connectivity index (χ2n) is 17.3. The molecule has 0 saturated carbocycles. The Labute approximate surface area is 398 Å². The van der Waals surface area contributed by atoms with E-state index in [2.05, 4.69) is 55.9 Å². The lowest BCUT2D eigenvalue weighted by molar-refractivity contribution is -0.147. The maximum Gasteiger partial charge on any atom is 0.343 e. The van der Waals surface area contributed by atoms with Gasteiger partial charge in [-0.3, -0.25) is 4.79 Å². The average molecular weight is 919 g/mol. The number of esters is 4. The number of benzene rings is 6.